The van der Waals surface area contributed by atoms with Gasteiger partial charge in [0.1, 0.15) is 5.82 Å². The van der Waals surface area contributed by atoms with Crippen LogP contribution in [0.1, 0.15) is 19.8 Å². The number of anilines is 1. The van der Waals surface area contributed by atoms with E-state index in [9.17, 15) is 0 Å². The predicted molar refractivity (Wildman–Crippen MR) is 93.6 cm³/mol. The van der Waals surface area contributed by atoms with Gasteiger partial charge >= 0.3 is 0 Å². The first-order valence-corrected chi connectivity index (χ1v) is 8.69. The van der Waals surface area contributed by atoms with Crippen molar-refractivity contribution in [2.24, 2.45) is 5.92 Å². The van der Waals surface area contributed by atoms with E-state index < -0.39 is 0 Å². The number of rotatable bonds is 3. The summed E-state index contributed by atoms with van der Waals surface area (Å²) in [7, 11) is 0. The molecule has 4 heterocycles. The summed E-state index contributed by atoms with van der Waals surface area (Å²) in [6.45, 7) is 4.80. The molecule has 0 aliphatic carbocycles. The van der Waals surface area contributed by atoms with E-state index in [-0.39, 0.29) is 0 Å². The lowest BCUT2D eigenvalue weighted by Crippen LogP contribution is -2.59. The van der Waals surface area contributed by atoms with Crippen LogP contribution in [-0.4, -0.2) is 40.3 Å². The Labute approximate surface area is 141 Å². The van der Waals surface area contributed by atoms with Crippen LogP contribution in [0, 0.1) is 5.92 Å². The van der Waals surface area contributed by atoms with E-state index in [1.54, 1.807) is 0 Å². The molecule has 0 amide bonds. The van der Waals surface area contributed by atoms with Crippen molar-refractivity contribution in [1.29, 1.82) is 0 Å². The lowest BCUT2D eigenvalue weighted by Gasteiger charge is -2.50. The highest BCUT2D eigenvalue weighted by atomic mass is 35.5. The van der Waals surface area contributed by atoms with Crippen LogP contribution in [0.25, 0.3) is 11.3 Å². The van der Waals surface area contributed by atoms with Gasteiger partial charge in [0.25, 0.3) is 0 Å². The molecule has 1 aromatic carbocycles. The molecular weight excluding hydrogens is 308 g/mol. The normalized spacial score (nSPS) is 29.5. The number of nitrogens with one attached hydrogen (secondary N) is 1. The van der Waals surface area contributed by atoms with Crippen LogP contribution in [0.15, 0.2) is 36.4 Å². The molecule has 0 spiro atoms. The zero-order valence-corrected chi connectivity index (χ0v) is 14.0. The number of hydrogen-bond donors (Lipinski definition) is 1. The molecular formula is C18H21ClN4. The summed E-state index contributed by atoms with van der Waals surface area (Å²) >= 11 is 6.04. The van der Waals surface area contributed by atoms with Gasteiger partial charge in [-0.15, -0.1) is 10.2 Å². The summed E-state index contributed by atoms with van der Waals surface area (Å²) in [5.41, 5.74) is 1.84. The van der Waals surface area contributed by atoms with Crippen molar-refractivity contribution in [3.8, 4) is 11.3 Å². The molecule has 0 saturated carbocycles. The fraction of sp³-hybridized carbons (Fsp3) is 0.444. The third-order valence-corrected chi connectivity index (χ3v) is 5.51. The number of benzene rings is 1. The monoisotopic (exact) mass is 328 g/mol. The minimum Gasteiger partial charge on any atom is -0.364 e. The van der Waals surface area contributed by atoms with E-state index in [1.807, 2.05) is 36.4 Å². The van der Waals surface area contributed by atoms with E-state index in [2.05, 4.69) is 27.3 Å². The molecule has 2 bridgehead atoms. The summed E-state index contributed by atoms with van der Waals surface area (Å²) < 4.78 is 0. The smallest absolute Gasteiger partial charge is 0.148 e. The summed E-state index contributed by atoms with van der Waals surface area (Å²) in [6, 6.07) is 12.8. The maximum Gasteiger partial charge on any atom is 0.148 e. The lowest BCUT2D eigenvalue weighted by atomic mass is 9.79. The van der Waals surface area contributed by atoms with Crippen LogP contribution in [-0.2, 0) is 0 Å². The largest absolute Gasteiger partial charge is 0.364 e. The Morgan fingerprint density at radius 3 is 2.61 bits per heavy atom. The number of aromatic nitrogens is 2. The maximum absolute atomic E-state index is 6.04. The second-order valence-corrected chi connectivity index (χ2v) is 7.03. The molecule has 2 atom stereocenters. The molecule has 2 aromatic rings. The minimum absolute atomic E-state index is 0.476. The average molecular weight is 329 g/mol. The average Bonchev–Trinajstić information content (AvgIpc) is 2.59. The lowest BCUT2D eigenvalue weighted by molar-refractivity contribution is 0.0457. The fourth-order valence-corrected chi connectivity index (χ4v) is 4.12. The Morgan fingerprint density at radius 1 is 1.13 bits per heavy atom. The van der Waals surface area contributed by atoms with Gasteiger partial charge in [0.2, 0.25) is 0 Å². The van der Waals surface area contributed by atoms with Crippen molar-refractivity contribution in [3.05, 3.63) is 41.4 Å². The number of halogens is 1. The first-order chi connectivity index (χ1) is 11.2. The van der Waals surface area contributed by atoms with Gasteiger partial charge in [-0.1, -0.05) is 23.7 Å². The molecule has 0 radical (unpaired) electrons. The highest BCUT2D eigenvalue weighted by molar-refractivity contribution is 6.30. The van der Waals surface area contributed by atoms with Gasteiger partial charge in [-0.3, -0.25) is 4.90 Å². The molecule has 0 unspecified atom stereocenters. The minimum atomic E-state index is 0.476. The Bertz CT molecular complexity index is 678. The standard InChI is InChI=1S/C18H21ClN4/c1-12-18(13-7-9-23(12)10-8-13)20-17-6-5-16(21-22-17)14-3-2-4-15(19)11-14/h2-6,11-13,18H,7-10H2,1H3,(H,20,22)/t12-,18+/m1/s1. The van der Waals surface area contributed by atoms with Crippen molar-refractivity contribution in [2.45, 2.75) is 31.8 Å². The quantitative estimate of drug-likeness (QED) is 0.933. The number of piperidine rings is 3. The predicted octanol–water partition coefficient (Wildman–Crippen LogP) is 3.69. The van der Waals surface area contributed by atoms with Gasteiger partial charge in [-0.05, 0) is 63.0 Å². The zero-order chi connectivity index (χ0) is 15.8. The first-order valence-electron chi connectivity index (χ1n) is 8.31. The molecule has 3 aliphatic rings. The highest BCUT2D eigenvalue weighted by Crippen LogP contribution is 2.33. The zero-order valence-electron chi connectivity index (χ0n) is 13.2. The molecule has 120 valence electrons. The van der Waals surface area contributed by atoms with Crippen molar-refractivity contribution in [1.82, 2.24) is 15.1 Å². The second-order valence-electron chi connectivity index (χ2n) is 6.60. The Kier molecular flexibility index (Phi) is 3.95. The van der Waals surface area contributed by atoms with Crippen LogP contribution in [0.4, 0.5) is 5.82 Å². The summed E-state index contributed by atoms with van der Waals surface area (Å²) in [4.78, 5) is 2.57. The summed E-state index contributed by atoms with van der Waals surface area (Å²) in [5.74, 6) is 1.62. The maximum atomic E-state index is 6.04. The van der Waals surface area contributed by atoms with Gasteiger partial charge in [-0.2, -0.15) is 0 Å². The topological polar surface area (TPSA) is 41.1 Å². The molecule has 3 saturated heterocycles. The van der Waals surface area contributed by atoms with Crippen molar-refractivity contribution in [2.75, 3.05) is 18.4 Å². The Hall–Kier alpha value is -1.65. The van der Waals surface area contributed by atoms with Crippen molar-refractivity contribution < 1.29 is 0 Å². The van der Waals surface area contributed by atoms with Crippen LogP contribution in [0.3, 0.4) is 0 Å². The molecule has 23 heavy (non-hydrogen) atoms. The van der Waals surface area contributed by atoms with Crippen LogP contribution in [0.5, 0.6) is 0 Å². The number of nitrogens with zero attached hydrogens (tertiary/aromatic N) is 3. The molecule has 5 rings (SSSR count). The summed E-state index contributed by atoms with van der Waals surface area (Å²) in [5, 5.41) is 13.1. The third kappa shape index (κ3) is 2.93. The second kappa shape index (κ2) is 6.10. The van der Waals surface area contributed by atoms with Crippen LogP contribution < -0.4 is 5.32 Å². The number of fused-ring (bicyclic) bond motifs is 3. The fourth-order valence-electron chi connectivity index (χ4n) is 3.93. The van der Waals surface area contributed by atoms with Gasteiger partial charge in [-0.25, -0.2) is 0 Å². The van der Waals surface area contributed by atoms with E-state index in [1.165, 1.54) is 25.9 Å². The summed E-state index contributed by atoms with van der Waals surface area (Å²) in [6.07, 6.45) is 2.58. The Balaban J connectivity index is 1.50. The molecule has 1 aromatic heterocycles. The van der Waals surface area contributed by atoms with Gasteiger partial charge in [0.15, 0.2) is 0 Å². The van der Waals surface area contributed by atoms with Gasteiger partial charge in [0.05, 0.1) is 5.69 Å². The molecule has 1 N–H and O–H groups in total. The molecule has 5 heteroatoms. The van der Waals surface area contributed by atoms with Gasteiger partial charge < -0.3 is 5.32 Å². The SMILES string of the molecule is C[C@@H]1[C@H](Nc2ccc(-c3cccc(Cl)c3)nn2)C2CCN1CC2. The molecule has 4 nitrogen and oxygen atoms in total. The van der Waals surface area contributed by atoms with Crippen LogP contribution >= 0.6 is 11.6 Å². The van der Waals surface area contributed by atoms with E-state index in [0.29, 0.717) is 17.1 Å². The van der Waals surface area contributed by atoms with Crippen molar-refractivity contribution >= 4 is 17.4 Å². The third-order valence-electron chi connectivity index (χ3n) is 5.28. The first kappa shape index (κ1) is 14.9. The van der Waals surface area contributed by atoms with E-state index in [4.69, 9.17) is 11.6 Å². The van der Waals surface area contributed by atoms with Crippen molar-refractivity contribution in [3.63, 3.8) is 0 Å². The molecule has 3 fully saturated rings. The van der Waals surface area contributed by atoms with Crippen LogP contribution in [0.2, 0.25) is 5.02 Å². The van der Waals surface area contributed by atoms with E-state index in [0.717, 1.165) is 23.0 Å². The molecule has 3 aliphatic heterocycles. The highest BCUT2D eigenvalue weighted by Gasteiger charge is 2.39. The number of hydrogen-bond acceptors (Lipinski definition) is 4. The van der Waals surface area contributed by atoms with Gasteiger partial charge in [0, 0.05) is 22.7 Å². The van der Waals surface area contributed by atoms with E-state index >= 15 is 0 Å². The Morgan fingerprint density at radius 2 is 1.96 bits per heavy atom.